The van der Waals surface area contributed by atoms with E-state index in [1.807, 2.05) is 38.1 Å². The number of rotatable bonds is 3. The average molecular weight is 377 g/mol. The average Bonchev–Trinajstić information content (AvgIpc) is 2.99. The van der Waals surface area contributed by atoms with Gasteiger partial charge in [0.05, 0.1) is 11.1 Å². The van der Waals surface area contributed by atoms with Gasteiger partial charge in [-0.05, 0) is 69.0 Å². The van der Waals surface area contributed by atoms with E-state index in [1.165, 1.54) is 6.42 Å². The number of carbonyl (C=O) groups is 1. The zero-order chi connectivity index (χ0) is 19.8. The lowest BCUT2D eigenvalue weighted by atomic mass is 9.97. The van der Waals surface area contributed by atoms with Crippen molar-refractivity contribution in [3.63, 3.8) is 0 Å². The van der Waals surface area contributed by atoms with Crippen molar-refractivity contribution in [2.75, 3.05) is 6.54 Å². The van der Waals surface area contributed by atoms with Crippen LogP contribution in [0.15, 0.2) is 36.1 Å². The van der Waals surface area contributed by atoms with Gasteiger partial charge in [-0.25, -0.2) is 0 Å². The molecule has 0 saturated carbocycles. The number of allylic oxidation sites excluding steroid dienone is 1. The molecule has 1 unspecified atom stereocenters. The molecule has 146 valence electrons. The van der Waals surface area contributed by atoms with Crippen LogP contribution in [-0.4, -0.2) is 28.4 Å². The monoisotopic (exact) mass is 377 g/mol. The molecule has 1 N–H and O–H groups in total. The van der Waals surface area contributed by atoms with E-state index < -0.39 is 0 Å². The molecule has 1 fully saturated rings. The number of piperidine rings is 1. The van der Waals surface area contributed by atoms with Gasteiger partial charge in [-0.3, -0.25) is 9.69 Å². The van der Waals surface area contributed by atoms with Crippen LogP contribution >= 0.6 is 0 Å². The Kier molecular flexibility index (Phi) is 4.98. The molecule has 2 aliphatic rings. The predicted octanol–water partition coefficient (Wildman–Crippen LogP) is 5.00. The zero-order valence-corrected chi connectivity index (χ0v) is 16.8. The maximum absolute atomic E-state index is 13.1. The van der Waals surface area contributed by atoms with Crippen LogP contribution in [0.4, 0.5) is 0 Å². The Hall–Kier alpha value is -2.59. The first-order valence-electron chi connectivity index (χ1n) is 10.0. The van der Waals surface area contributed by atoms with Crippen molar-refractivity contribution >= 4 is 11.9 Å². The van der Waals surface area contributed by atoms with Crippen molar-refractivity contribution in [3.8, 4) is 11.5 Å². The van der Waals surface area contributed by atoms with Crippen LogP contribution in [0, 0.1) is 13.8 Å². The standard InChI is InChI=1S/C24H27NO3/c1-15-8-4-5-10-18(15)13-21-23(27)22-16(2)12-20(26)19(24(22)28-21)14-25-11-7-6-9-17(25)3/h4-5,8,10,12-13,17,26H,6-7,9,11,14H2,1-3H3/b21-13-. The number of hydrogen-bond donors (Lipinski definition) is 1. The molecule has 1 atom stereocenters. The third-order valence-corrected chi connectivity index (χ3v) is 6.00. The fraction of sp³-hybridized carbons (Fsp3) is 0.375. The number of phenols is 1. The minimum absolute atomic E-state index is 0.108. The lowest BCUT2D eigenvalue weighted by Crippen LogP contribution is -2.36. The minimum atomic E-state index is -0.108. The summed E-state index contributed by atoms with van der Waals surface area (Å²) in [5.41, 5.74) is 4.10. The molecule has 2 heterocycles. The largest absolute Gasteiger partial charge is 0.507 e. The van der Waals surface area contributed by atoms with Gasteiger partial charge in [-0.1, -0.05) is 30.7 Å². The van der Waals surface area contributed by atoms with Crippen LogP contribution in [0.3, 0.4) is 0 Å². The van der Waals surface area contributed by atoms with Gasteiger partial charge >= 0.3 is 0 Å². The van der Waals surface area contributed by atoms with Crippen molar-refractivity contribution in [1.29, 1.82) is 0 Å². The number of ketones is 1. The van der Waals surface area contributed by atoms with E-state index in [0.717, 1.165) is 41.6 Å². The second-order valence-corrected chi connectivity index (χ2v) is 8.01. The fourth-order valence-corrected chi connectivity index (χ4v) is 4.22. The zero-order valence-electron chi connectivity index (χ0n) is 16.8. The maximum Gasteiger partial charge on any atom is 0.232 e. The van der Waals surface area contributed by atoms with Crippen molar-refractivity contribution in [3.05, 3.63) is 63.9 Å². The summed E-state index contributed by atoms with van der Waals surface area (Å²) < 4.78 is 6.07. The number of benzene rings is 2. The molecule has 2 aromatic rings. The first-order valence-corrected chi connectivity index (χ1v) is 10.0. The molecule has 4 nitrogen and oxygen atoms in total. The highest BCUT2D eigenvalue weighted by Gasteiger charge is 2.34. The Morgan fingerprint density at radius 1 is 1.21 bits per heavy atom. The van der Waals surface area contributed by atoms with Gasteiger partial charge in [0.25, 0.3) is 0 Å². The molecule has 0 spiro atoms. The summed E-state index contributed by atoms with van der Waals surface area (Å²) >= 11 is 0. The fourth-order valence-electron chi connectivity index (χ4n) is 4.22. The number of fused-ring (bicyclic) bond motifs is 1. The van der Waals surface area contributed by atoms with E-state index in [0.29, 0.717) is 29.7 Å². The van der Waals surface area contributed by atoms with Crippen molar-refractivity contribution < 1.29 is 14.6 Å². The number of phenolic OH excluding ortho intramolecular Hbond substituents is 1. The smallest absolute Gasteiger partial charge is 0.232 e. The molecule has 4 heteroatoms. The SMILES string of the molecule is Cc1ccccc1/C=C1\Oc2c(CN3CCCCC3C)c(O)cc(C)c2C1=O. The molecule has 2 aromatic carbocycles. The van der Waals surface area contributed by atoms with Crippen molar-refractivity contribution in [2.45, 2.75) is 52.6 Å². The van der Waals surface area contributed by atoms with E-state index >= 15 is 0 Å². The molecule has 1 saturated heterocycles. The van der Waals surface area contributed by atoms with Gasteiger partial charge in [-0.2, -0.15) is 0 Å². The predicted molar refractivity (Wildman–Crippen MR) is 111 cm³/mol. The van der Waals surface area contributed by atoms with E-state index in [2.05, 4.69) is 11.8 Å². The van der Waals surface area contributed by atoms with Crippen LogP contribution < -0.4 is 4.74 Å². The second-order valence-electron chi connectivity index (χ2n) is 8.01. The maximum atomic E-state index is 13.1. The highest BCUT2D eigenvalue weighted by atomic mass is 16.5. The Balaban J connectivity index is 1.73. The Morgan fingerprint density at radius 2 is 2.00 bits per heavy atom. The van der Waals surface area contributed by atoms with Gasteiger partial charge < -0.3 is 9.84 Å². The quantitative estimate of drug-likeness (QED) is 0.765. The number of carbonyl (C=O) groups excluding carboxylic acids is 1. The van der Waals surface area contributed by atoms with Gasteiger partial charge in [-0.15, -0.1) is 0 Å². The summed E-state index contributed by atoms with van der Waals surface area (Å²) in [6.07, 6.45) is 5.37. The Morgan fingerprint density at radius 3 is 2.75 bits per heavy atom. The molecule has 0 aromatic heterocycles. The normalized spacial score (nSPS) is 21.0. The molecule has 0 amide bonds. The van der Waals surface area contributed by atoms with E-state index in [4.69, 9.17) is 4.74 Å². The van der Waals surface area contributed by atoms with E-state index in [-0.39, 0.29) is 11.5 Å². The topological polar surface area (TPSA) is 49.8 Å². The Bertz CT molecular complexity index is 961. The van der Waals surface area contributed by atoms with Crippen LogP contribution in [0.25, 0.3) is 6.08 Å². The van der Waals surface area contributed by atoms with Crippen molar-refractivity contribution in [2.24, 2.45) is 0 Å². The van der Waals surface area contributed by atoms with E-state index in [9.17, 15) is 9.90 Å². The number of ether oxygens (including phenoxy) is 1. The third kappa shape index (κ3) is 3.33. The number of aromatic hydroxyl groups is 1. The first-order chi connectivity index (χ1) is 13.5. The first kappa shape index (κ1) is 18.8. The van der Waals surface area contributed by atoms with Crippen LogP contribution in [-0.2, 0) is 6.54 Å². The number of likely N-dealkylation sites (tertiary alicyclic amines) is 1. The molecule has 4 rings (SSSR count). The summed E-state index contributed by atoms with van der Waals surface area (Å²) in [6, 6.07) is 10.1. The van der Waals surface area contributed by atoms with Gasteiger partial charge in [0.1, 0.15) is 11.5 Å². The lowest BCUT2D eigenvalue weighted by molar-refractivity contribution is 0.101. The summed E-state index contributed by atoms with van der Waals surface area (Å²) in [6.45, 7) is 7.69. The highest BCUT2D eigenvalue weighted by Crippen LogP contribution is 2.42. The number of aryl methyl sites for hydroxylation is 2. The van der Waals surface area contributed by atoms with Crippen LogP contribution in [0.1, 0.15) is 58.8 Å². The van der Waals surface area contributed by atoms with Gasteiger partial charge in [0.2, 0.25) is 5.78 Å². The number of nitrogens with zero attached hydrogens (tertiary/aromatic N) is 1. The van der Waals surface area contributed by atoms with Crippen LogP contribution in [0.2, 0.25) is 0 Å². The molecule has 0 radical (unpaired) electrons. The van der Waals surface area contributed by atoms with Gasteiger partial charge in [0, 0.05) is 12.6 Å². The number of Topliss-reactive ketones (excluding diaryl/α,β-unsaturated/α-hetero) is 1. The van der Waals surface area contributed by atoms with E-state index in [1.54, 1.807) is 12.1 Å². The summed E-state index contributed by atoms with van der Waals surface area (Å²) in [4.78, 5) is 15.4. The molecule has 0 aliphatic carbocycles. The molecule has 2 aliphatic heterocycles. The molecular formula is C24H27NO3. The van der Waals surface area contributed by atoms with Gasteiger partial charge in [0.15, 0.2) is 5.76 Å². The summed E-state index contributed by atoms with van der Waals surface area (Å²) in [5.74, 6) is 0.953. The summed E-state index contributed by atoms with van der Waals surface area (Å²) in [5, 5.41) is 10.6. The molecular weight excluding hydrogens is 350 g/mol. The molecule has 0 bridgehead atoms. The number of hydrogen-bond acceptors (Lipinski definition) is 4. The molecule has 28 heavy (non-hydrogen) atoms. The lowest BCUT2D eigenvalue weighted by Gasteiger charge is -2.33. The second kappa shape index (κ2) is 7.44. The minimum Gasteiger partial charge on any atom is -0.507 e. The van der Waals surface area contributed by atoms with Crippen molar-refractivity contribution in [1.82, 2.24) is 4.90 Å². The Labute approximate surface area is 166 Å². The van der Waals surface area contributed by atoms with Crippen LogP contribution in [0.5, 0.6) is 11.5 Å². The highest BCUT2D eigenvalue weighted by molar-refractivity contribution is 6.15. The third-order valence-electron chi connectivity index (χ3n) is 6.00. The summed E-state index contributed by atoms with van der Waals surface area (Å²) in [7, 11) is 0.